The molecule has 0 aliphatic heterocycles. The van der Waals surface area contributed by atoms with Gasteiger partial charge in [-0.3, -0.25) is 19.7 Å². The van der Waals surface area contributed by atoms with E-state index in [1.165, 1.54) is 36.6 Å². The topological polar surface area (TPSA) is 111 Å². The van der Waals surface area contributed by atoms with Crippen LogP contribution in [0, 0.1) is 10.1 Å². The van der Waals surface area contributed by atoms with Gasteiger partial charge in [0.15, 0.2) is 5.75 Å². The summed E-state index contributed by atoms with van der Waals surface area (Å²) in [5.74, 6) is -0.685. The Balaban J connectivity index is 1.60. The van der Waals surface area contributed by atoms with E-state index in [0.29, 0.717) is 17.1 Å². The molecule has 3 aromatic rings. The van der Waals surface area contributed by atoms with Crippen LogP contribution in [-0.2, 0) is 19.4 Å². The number of nitrogens with zero attached hydrogens (tertiary/aromatic N) is 1. The number of benzene rings is 2. The van der Waals surface area contributed by atoms with Gasteiger partial charge >= 0.3 is 5.69 Å². The molecule has 2 aromatic carbocycles. The lowest BCUT2D eigenvalue weighted by Crippen LogP contribution is -2.25. The predicted molar refractivity (Wildman–Crippen MR) is 126 cm³/mol. The molecule has 9 heteroatoms. The number of aryl methyl sites for hydroxylation is 1. The number of hydrogen-bond acceptors (Lipinski definition) is 6. The van der Waals surface area contributed by atoms with Gasteiger partial charge in [-0.05, 0) is 48.9 Å². The highest BCUT2D eigenvalue weighted by Crippen LogP contribution is 2.38. The molecular weight excluding hydrogens is 442 g/mol. The van der Waals surface area contributed by atoms with E-state index in [1.807, 2.05) is 30.3 Å². The molecule has 0 fully saturated rings. The molecule has 2 amide bonds. The average molecular weight is 466 g/mol. The first-order valence-corrected chi connectivity index (χ1v) is 11.4. The summed E-state index contributed by atoms with van der Waals surface area (Å²) in [5.41, 5.74) is 2.27. The lowest BCUT2D eigenvalue weighted by molar-refractivity contribution is -0.385. The molecular formula is C24H23N3O5S. The molecule has 170 valence electrons. The van der Waals surface area contributed by atoms with Gasteiger partial charge < -0.3 is 15.4 Å². The molecule has 0 spiro atoms. The molecule has 0 atom stereocenters. The quantitative estimate of drug-likeness (QED) is 0.387. The van der Waals surface area contributed by atoms with Crippen molar-refractivity contribution < 1.29 is 19.2 Å². The van der Waals surface area contributed by atoms with Crippen LogP contribution in [0.1, 0.15) is 49.6 Å². The summed E-state index contributed by atoms with van der Waals surface area (Å²) in [6, 6.07) is 13.6. The van der Waals surface area contributed by atoms with Crippen molar-refractivity contribution >= 4 is 33.8 Å². The maximum atomic E-state index is 13.2. The summed E-state index contributed by atoms with van der Waals surface area (Å²) in [6.07, 6.45) is 3.67. The second kappa shape index (κ2) is 9.83. The van der Waals surface area contributed by atoms with Gasteiger partial charge in [-0.1, -0.05) is 30.3 Å². The highest BCUT2D eigenvalue weighted by molar-refractivity contribution is 7.17. The molecule has 1 aliphatic carbocycles. The minimum Gasteiger partial charge on any atom is -0.490 e. The van der Waals surface area contributed by atoms with Crippen molar-refractivity contribution in [2.24, 2.45) is 0 Å². The highest BCUT2D eigenvalue weighted by atomic mass is 32.1. The number of methoxy groups -OCH3 is 1. The molecule has 0 radical (unpaired) electrons. The fourth-order valence-corrected chi connectivity index (χ4v) is 5.19. The van der Waals surface area contributed by atoms with Crippen LogP contribution in [0.3, 0.4) is 0 Å². The van der Waals surface area contributed by atoms with Gasteiger partial charge in [0.1, 0.15) is 5.00 Å². The van der Waals surface area contributed by atoms with Gasteiger partial charge in [0.25, 0.3) is 11.8 Å². The minimum absolute atomic E-state index is 0.0733. The zero-order valence-electron chi connectivity index (χ0n) is 18.1. The van der Waals surface area contributed by atoms with E-state index in [1.54, 1.807) is 0 Å². The summed E-state index contributed by atoms with van der Waals surface area (Å²) in [7, 11) is 1.33. The van der Waals surface area contributed by atoms with Gasteiger partial charge in [0.05, 0.1) is 17.6 Å². The molecule has 8 nitrogen and oxygen atoms in total. The Kier molecular flexibility index (Phi) is 6.69. The van der Waals surface area contributed by atoms with Crippen LogP contribution in [-0.4, -0.2) is 23.8 Å². The van der Waals surface area contributed by atoms with Crippen LogP contribution >= 0.6 is 11.3 Å². The number of rotatable bonds is 7. The summed E-state index contributed by atoms with van der Waals surface area (Å²) >= 11 is 1.40. The third-order valence-corrected chi connectivity index (χ3v) is 6.77. The number of nitrogens with one attached hydrogen (secondary N) is 2. The van der Waals surface area contributed by atoms with Gasteiger partial charge in [0, 0.05) is 23.1 Å². The molecule has 1 aliphatic rings. The van der Waals surface area contributed by atoms with Crippen LogP contribution < -0.4 is 15.4 Å². The Morgan fingerprint density at radius 2 is 1.85 bits per heavy atom. The van der Waals surface area contributed by atoms with Crippen molar-refractivity contribution in [2.75, 3.05) is 12.4 Å². The summed E-state index contributed by atoms with van der Waals surface area (Å²) in [6.45, 7) is 0.377. The Labute approximate surface area is 194 Å². The van der Waals surface area contributed by atoms with E-state index in [-0.39, 0.29) is 22.9 Å². The van der Waals surface area contributed by atoms with E-state index in [0.717, 1.165) is 41.7 Å². The van der Waals surface area contributed by atoms with Gasteiger partial charge in [-0.2, -0.15) is 0 Å². The molecule has 1 aromatic heterocycles. The van der Waals surface area contributed by atoms with Crippen molar-refractivity contribution in [1.29, 1.82) is 0 Å². The summed E-state index contributed by atoms with van der Waals surface area (Å²) in [4.78, 5) is 37.9. The van der Waals surface area contributed by atoms with Gasteiger partial charge in [0.2, 0.25) is 0 Å². The molecule has 0 bridgehead atoms. The van der Waals surface area contributed by atoms with Crippen molar-refractivity contribution in [3.63, 3.8) is 0 Å². The SMILES string of the molecule is COc1ccc(C(=O)Nc2sc3c(c2C(=O)NCc2ccccc2)CCCC3)cc1[N+](=O)[O-]. The minimum atomic E-state index is -0.595. The molecule has 0 unspecified atom stereocenters. The smallest absolute Gasteiger partial charge is 0.311 e. The third-order valence-electron chi connectivity index (χ3n) is 5.56. The van der Waals surface area contributed by atoms with E-state index < -0.39 is 10.8 Å². The van der Waals surface area contributed by atoms with E-state index in [9.17, 15) is 19.7 Å². The standard InChI is InChI=1S/C24H23N3O5S/c1-32-19-12-11-16(13-18(19)27(30)31)22(28)26-24-21(17-9-5-6-10-20(17)33-24)23(29)25-14-15-7-3-2-4-8-15/h2-4,7-8,11-13H,5-6,9-10,14H2,1H3,(H,25,29)(H,26,28). The average Bonchev–Trinajstić information content (AvgIpc) is 3.20. The Bertz CT molecular complexity index is 1210. The first-order valence-electron chi connectivity index (χ1n) is 10.6. The highest BCUT2D eigenvalue weighted by Gasteiger charge is 2.27. The van der Waals surface area contributed by atoms with E-state index in [2.05, 4.69) is 10.6 Å². The predicted octanol–water partition coefficient (Wildman–Crippen LogP) is 4.73. The second-order valence-electron chi connectivity index (χ2n) is 7.68. The summed E-state index contributed by atoms with van der Waals surface area (Å²) < 4.78 is 5.00. The fraction of sp³-hybridized carbons (Fsp3) is 0.250. The van der Waals surface area contributed by atoms with Crippen LogP contribution in [0.2, 0.25) is 0 Å². The van der Waals surface area contributed by atoms with Crippen LogP contribution in [0.4, 0.5) is 10.7 Å². The lowest BCUT2D eigenvalue weighted by atomic mass is 9.95. The van der Waals surface area contributed by atoms with Gasteiger partial charge in [-0.15, -0.1) is 11.3 Å². The fourth-order valence-electron chi connectivity index (χ4n) is 3.91. The number of nitro groups is 1. The molecule has 4 rings (SSSR count). The van der Waals surface area contributed by atoms with Crippen LogP contribution in [0.15, 0.2) is 48.5 Å². The van der Waals surface area contributed by atoms with Crippen LogP contribution in [0.5, 0.6) is 5.75 Å². The van der Waals surface area contributed by atoms with E-state index >= 15 is 0 Å². The Morgan fingerprint density at radius 3 is 2.58 bits per heavy atom. The number of anilines is 1. The Morgan fingerprint density at radius 1 is 1.09 bits per heavy atom. The maximum absolute atomic E-state index is 13.2. The molecule has 0 saturated heterocycles. The maximum Gasteiger partial charge on any atom is 0.311 e. The first-order chi connectivity index (χ1) is 16.0. The number of fused-ring (bicyclic) bond motifs is 1. The largest absolute Gasteiger partial charge is 0.490 e. The zero-order valence-corrected chi connectivity index (χ0v) is 18.9. The molecule has 33 heavy (non-hydrogen) atoms. The third kappa shape index (κ3) is 4.88. The monoisotopic (exact) mass is 465 g/mol. The van der Waals surface area contributed by atoms with Crippen molar-refractivity contribution in [1.82, 2.24) is 5.32 Å². The van der Waals surface area contributed by atoms with Gasteiger partial charge in [-0.25, -0.2) is 0 Å². The number of ether oxygens (including phenoxy) is 1. The Hall–Kier alpha value is -3.72. The normalized spacial score (nSPS) is 12.5. The van der Waals surface area contributed by atoms with Crippen LogP contribution in [0.25, 0.3) is 0 Å². The number of nitro benzene ring substituents is 1. The number of carbonyl (C=O) groups excluding carboxylic acids is 2. The number of amides is 2. The molecule has 1 heterocycles. The summed E-state index contributed by atoms with van der Waals surface area (Å²) in [5, 5.41) is 17.6. The van der Waals surface area contributed by atoms with E-state index in [4.69, 9.17) is 4.74 Å². The molecule has 2 N–H and O–H groups in total. The lowest BCUT2D eigenvalue weighted by Gasteiger charge is -2.13. The van der Waals surface area contributed by atoms with Crippen molar-refractivity contribution in [2.45, 2.75) is 32.2 Å². The number of thiophene rings is 1. The number of carbonyl (C=O) groups is 2. The second-order valence-corrected chi connectivity index (χ2v) is 8.79. The van der Waals surface area contributed by atoms with Crippen molar-refractivity contribution in [3.8, 4) is 5.75 Å². The van der Waals surface area contributed by atoms with Crippen molar-refractivity contribution in [3.05, 3.63) is 85.8 Å². The number of hydrogen-bond donors (Lipinski definition) is 2. The first kappa shape index (κ1) is 22.5. The molecule has 0 saturated carbocycles. The zero-order chi connectivity index (χ0) is 23.4.